The van der Waals surface area contributed by atoms with Gasteiger partial charge in [-0.15, -0.1) is 0 Å². The van der Waals surface area contributed by atoms with Crippen molar-refractivity contribution in [3.63, 3.8) is 0 Å². The number of methoxy groups -OCH3 is 3. The van der Waals surface area contributed by atoms with Gasteiger partial charge in [0.25, 0.3) is 11.7 Å². The van der Waals surface area contributed by atoms with Gasteiger partial charge in [-0.05, 0) is 132 Å². The number of hydrogen-bond acceptors (Lipinski definition) is 15. The first kappa shape index (κ1) is 68.1. The maximum Gasteiger partial charge on any atom is 0.373 e. The van der Waals surface area contributed by atoms with Gasteiger partial charge in [-0.3, -0.25) is 19.2 Å². The van der Waals surface area contributed by atoms with Crippen molar-refractivity contribution in [1.29, 1.82) is 0 Å². The van der Waals surface area contributed by atoms with E-state index >= 15 is 0 Å². The molecule has 0 aromatic carbocycles. The molecule has 0 spiro atoms. The molecule has 3 aliphatic heterocycles. The fraction of sp³-hybridized carbons (Fsp3) is 0.627. The molecule has 5 heterocycles. The van der Waals surface area contributed by atoms with Crippen molar-refractivity contribution in [2.45, 2.75) is 207 Å². The van der Waals surface area contributed by atoms with Crippen LogP contribution in [0.15, 0.2) is 96.7 Å². The molecular formula is C67H95N3O15+2. The van der Waals surface area contributed by atoms with Crippen LogP contribution in [0, 0.1) is 49.4 Å². The van der Waals surface area contributed by atoms with Gasteiger partial charge in [0.15, 0.2) is 42.8 Å². The minimum atomic E-state index is -2.48. The smallest absolute Gasteiger partial charge is 0.373 e. The number of carbonyl (C=O) groups excluding carboxylic acids is 7. The maximum atomic E-state index is 14.8. The van der Waals surface area contributed by atoms with Gasteiger partial charge in [0, 0.05) is 82.7 Å². The van der Waals surface area contributed by atoms with Crippen molar-refractivity contribution >= 4 is 41.2 Å². The summed E-state index contributed by atoms with van der Waals surface area (Å²) >= 11 is 0. The lowest BCUT2D eigenvalue weighted by molar-refractivity contribution is -0.686. The molecular weight excluding hydrogens is 1090 g/mol. The van der Waals surface area contributed by atoms with Crippen LogP contribution >= 0.6 is 0 Å². The van der Waals surface area contributed by atoms with Gasteiger partial charge in [-0.25, -0.2) is 14.4 Å². The minimum absolute atomic E-state index is 0.00570. The summed E-state index contributed by atoms with van der Waals surface area (Å²) in [5, 5.41) is 12.1. The van der Waals surface area contributed by atoms with Crippen LogP contribution in [0.3, 0.4) is 0 Å². The third-order valence-corrected chi connectivity index (χ3v) is 17.7. The van der Waals surface area contributed by atoms with E-state index in [9.17, 15) is 38.7 Å². The molecule has 1 amide bonds. The standard InChI is InChI=1S/C67H95N3O15/c1-42-25-30-68(31-26-42)40-59(72)82-55-24-22-51(37-58(55)80-11)36-47(6)57-39-54(71)46(5)35-49(8)62(84-60(73)41-69-32-27-43(2)28-33-69)63(81-12)61(74)48(7)34-44(3)18-14-13-15-19-45(4)56(79-10)38-52-23-21-50(9)67(78,85-52)64(75)65(76)70-29-17-16-20-53(70)66(77)83-57/h13-15,18-19,25-28,30-33,35,44,46-48,50-53,55-58,62-63,78H,16-17,20-24,29,34,36-41H2,1-12H3/q+2/b15-13?,18-14+,45-19?,49-35+/t44-,46-,47-,48-,50-,51+,52+,53+,55-,56+,57+,58-,62-,63+,67-/m1/s1. The highest BCUT2D eigenvalue weighted by atomic mass is 16.6. The molecule has 2 aromatic heterocycles. The summed E-state index contributed by atoms with van der Waals surface area (Å²) in [6.07, 6.45) is 17.6. The van der Waals surface area contributed by atoms with Crippen LogP contribution in [-0.2, 0) is 79.8 Å². The van der Waals surface area contributed by atoms with Crippen LogP contribution < -0.4 is 9.13 Å². The number of fused-ring (bicyclic) bond motifs is 3. The Balaban J connectivity index is 1.33. The summed E-state index contributed by atoms with van der Waals surface area (Å²) in [4.78, 5) is 101. The summed E-state index contributed by atoms with van der Waals surface area (Å²) in [5.74, 6) is -9.72. The number of ether oxygens (including phenoxy) is 7. The van der Waals surface area contributed by atoms with E-state index in [1.807, 2.05) is 109 Å². The van der Waals surface area contributed by atoms with Crippen LogP contribution in [0.1, 0.15) is 137 Å². The Morgan fingerprint density at radius 3 is 2.00 bits per heavy atom. The highest BCUT2D eigenvalue weighted by Gasteiger charge is 2.53. The fourth-order valence-electron chi connectivity index (χ4n) is 12.3. The summed E-state index contributed by atoms with van der Waals surface area (Å²) in [7, 11) is 4.55. The Morgan fingerprint density at radius 1 is 0.729 bits per heavy atom. The molecule has 0 radical (unpaired) electrons. The number of aromatic nitrogens is 2. The topological polar surface area (TPSA) is 215 Å². The van der Waals surface area contributed by atoms with E-state index in [1.165, 1.54) is 12.0 Å². The number of aryl methyl sites for hydroxylation is 2. The monoisotopic (exact) mass is 1180 g/mol. The molecule has 6 rings (SSSR count). The fourth-order valence-corrected chi connectivity index (χ4v) is 12.3. The molecule has 15 atom stereocenters. The second-order valence-corrected chi connectivity index (χ2v) is 24.6. The number of aliphatic hydroxyl groups is 1. The quantitative estimate of drug-likeness (QED) is 0.0704. The third kappa shape index (κ3) is 19.0. The van der Waals surface area contributed by atoms with Crippen LogP contribution in [0.25, 0.3) is 0 Å². The molecule has 1 N–H and O–H groups in total. The Labute approximate surface area is 503 Å². The van der Waals surface area contributed by atoms with E-state index in [1.54, 1.807) is 62.6 Å². The van der Waals surface area contributed by atoms with Gasteiger partial charge in [-0.1, -0.05) is 71.1 Å². The second kappa shape index (κ2) is 32.1. The average Bonchev–Trinajstić information content (AvgIpc) is 3.00. The van der Waals surface area contributed by atoms with Crippen molar-refractivity contribution in [3.8, 4) is 0 Å². The minimum Gasteiger partial charge on any atom is -0.460 e. The zero-order valence-electron chi connectivity index (χ0n) is 52.3. The Kier molecular flexibility index (Phi) is 25.7. The SMILES string of the molecule is CO[C@H]1C[C@@H]2CC[C@@H](C)[C@@](O)(O2)C(=O)C(=O)N2CCCC[C@H]2C(=O)O[C@H]([C@H](C)C[C@@H]2CC[C@@H](OC(=O)C[n+]3ccc(C)cc3)[C@H](OC)C2)CC(=O)[C@H](C)/C=C(\C)[C@@H](OC(=O)C[n+]2ccc(C)cc2)[C@@H](OC)C(=O)[C@H](C)C[C@H](C)/C=C/C=CC=C1C. The number of amides is 1. The Bertz CT molecular complexity index is 2740. The second-order valence-electron chi connectivity index (χ2n) is 24.6. The van der Waals surface area contributed by atoms with Gasteiger partial charge in [0.1, 0.15) is 24.0 Å². The normalized spacial score (nSPS) is 32.5. The number of allylic oxidation sites excluding steroid dienone is 6. The molecule has 2 bridgehead atoms. The van der Waals surface area contributed by atoms with E-state index in [2.05, 4.69) is 0 Å². The molecule has 1 aliphatic carbocycles. The number of pyridine rings is 2. The van der Waals surface area contributed by atoms with E-state index in [0.717, 1.165) is 16.7 Å². The van der Waals surface area contributed by atoms with E-state index < -0.39 is 102 Å². The zero-order chi connectivity index (χ0) is 62.1. The van der Waals surface area contributed by atoms with Gasteiger partial charge in [0.2, 0.25) is 18.9 Å². The van der Waals surface area contributed by atoms with Crippen molar-refractivity contribution in [2.75, 3.05) is 27.9 Å². The van der Waals surface area contributed by atoms with Crippen molar-refractivity contribution in [2.24, 2.45) is 35.5 Å². The van der Waals surface area contributed by atoms with Gasteiger partial charge in [0.05, 0.1) is 18.3 Å². The van der Waals surface area contributed by atoms with Crippen molar-refractivity contribution < 1.29 is 81.0 Å². The lowest BCUT2D eigenvalue weighted by Crippen LogP contribution is -2.61. The molecule has 3 fully saturated rings. The van der Waals surface area contributed by atoms with E-state index in [0.29, 0.717) is 63.4 Å². The number of esters is 3. The van der Waals surface area contributed by atoms with Crippen LogP contribution in [0.5, 0.6) is 0 Å². The number of hydrogen-bond donors (Lipinski definition) is 1. The first-order valence-corrected chi connectivity index (χ1v) is 30.6. The highest BCUT2D eigenvalue weighted by molar-refractivity contribution is 6.39. The van der Waals surface area contributed by atoms with Crippen LogP contribution in [0.2, 0.25) is 0 Å². The highest BCUT2D eigenvalue weighted by Crippen LogP contribution is 2.38. The van der Waals surface area contributed by atoms with E-state index in [4.69, 9.17) is 33.2 Å². The van der Waals surface area contributed by atoms with Gasteiger partial charge >= 0.3 is 17.9 Å². The van der Waals surface area contributed by atoms with Gasteiger partial charge < -0.3 is 43.2 Å². The first-order chi connectivity index (χ1) is 40.4. The summed E-state index contributed by atoms with van der Waals surface area (Å²) < 4.78 is 46.0. The molecule has 1 saturated carbocycles. The molecule has 466 valence electrons. The Hall–Kier alpha value is -6.05. The molecule has 0 unspecified atom stereocenters. The number of Topliss-reactive ketones (excluding diaryl/α,β-unsaturated/α-hetero) is 3. The molecule has 2 aromatic rings. The largest absolute Gasteiger partial charge is 0.460 e. The van der Waals surface area contributed by atoms with Crippen molar-refractivity contribution in [1.82, 2.24) is 4.90 Å². The predicted molar refractivity (Wildman–Crippen MR) is 316 cm³/mol. The molecule has 4 aliphatic rings. The predicted octanol–water partition coefficient (Wildman–Crippen LogP) is 7.87. The lowest BCUT2D eigenvalue weighted by Gasteiger charge is -2.42. The van der Waals surface area contributed by atoms with Gasteiger partial charge in [-0.2, -0.15) is 9.13 Å². The van der Waals surface area contributed by atoms with Crippen LogP contribution in [0.4, 0.5) is 0 Å². The number of piperidine rings is 1. The average molecular weight is 1180 g/mol. The molecule has 85 heavy (non-hydrogen) atoms. The summed E-state index contributed by atoms with van der Waals surface area (Å²) in [6, 6.07) is 6.35. The number of nitrogens with zero attached hydrogens (tertiary/aromatic N) is 3. The number of cyclic esters (lactones) is 1. The van der Waals surface area contributed by atoms with Crippen molar-refractivity contribution in [3.05, 3.63) is 108 Å². The third-order valence-electron chi connectivity index (χ3n) is 17.7. The maximum absolute atomic E-state index is 14.8. The van der Waals surface area contributed by atoms with E-state index in [-0.39, 0.29) is 68.3 Å². The summed E-state index contributed by atoms with van der Waals surface area (Å²) in [5.41, 5.74) is 3.34. The number of carbonyl (C=O) groups is 7. The molecule has 2 saturated heterocycles. The first-order valence-electron chi connectivity index (χ1n) is 30.6. The summed E-state index contributed by atoms with van der Waals surface area (Å²) in [6.45, 7) is 16.5. The number of ketones is 3. The van der Waals surface area contributed by atoms with Crippen LogP contribution in [-0.4, -0.2) is 134 Å². The lowest BCUT2D eigenvalue weighted by atomic mass is 9.78. The number of rotatable bonds is 12. The molecule has 18 nitrogen and oxygen atoms in total. The molecule has 18 heteroatoms. The Morgan fingerprint density at radius 2 is 1.38 bits per heavy atom. The zero-order valence-corrected chi connectivity index (χ0v) is 52.3.